The van der Waals surface area contributed by atoms with Gasteiger partial charge in [0.2, 0.25) is 17.6 Å². The van der Waals surface area contributed by atoms with E-state index in [0.29, 0.717) is 28.5 Å². The van der Waals surface area contributed by atoms with Gasteiger partial charge in [0.15, 0.2) is 0 Å². The standard InChI is InChI=1S/C21H23F2N7O2/c1-11(2)32-19-8-15(25-10-26-19)14-9-24-17(28-13(4)31)7-16(14)29-18-6-12(3)27-20(30-18)21(5,22)23/h6-11H,1-5H3,(H2,24,27,28,29,30,31). The summed E-state index contributed by atoms with van der Waals surface area (Å²) in [4.78, 5) is 31.8. The Balaban J connectivity index is 2.07. The molecule has 0 aromatic carbocycles. The number of carbonyl (C=O) groups is 1. The molecule has 9 nitrogen and oxygen atoms in total. The quantitative estimate of drug-likeness (QED) is 0.557. The molecule has 0 unspecified atom stereocenters. The minimum Gasteiger partial charge on any atom is -0.475 e. The molecule has 1 amide bonds. The van der Waals surface area contributed by atoms with Crippen molar-refractivity contribution < 1.29 is 18.3 Å². The zero-order valence-corrected chi connectivity index (χ0v) is 18.3. The highest BCUT2D eigenvalue weighted by Gasteiger charge is 2.29. The number of amides is 1. The third kappa shape index (κ3) is 5.90. The molecule has 3 aromatic rings. The van der Waals surface area contributed by atoms with Gasteiger partial charge < -0.3 is 15.4 Å². The van der Waals surface area contributed by atoms with Gasteiger partial charge in [0, 0.05) is 49.5 Å². The molecule has 11 heteroatoms. The molecule has 0 saturated heterocycles. The first-order valence-corrected chi connectivity index (χ1v) is 9.79. The lowest BCUT2D eigenvalue weighted by molar-refractivity contribution is -0.114. The molecular weight excluding hydrogens is 420 g/mol. The van der Waals surface area contributed by atoms with E-state index in [2.05, 4.69) is 35.6 Å². The van der Waals surface area contributed by atoms with E-state index in [0.717, 1.165) is 6.92 Å². The maximum Gasteiger partial charge on any atom is 0.303 e. The van der Waals surface area contributed by atoms with Crippen molar-refractivity contribution in [2.45, 2.75) is 46.6 Å². The summed E-state index contributed by atoms with van der Waals surface area (Å²) in [6.45, 7) is 7.42. The summed E-state index contributed by atoms with van der Waals surface area (Å²) in [7, 11) is 0. The highest BCUT2D eigenvalue weighted by Crippen LogP contribution is 2.32. The maximum atomic E-state index is 13.8. The van der Waals surface area contributed by atoms with Gasteiger partial charge in [0.05, 0.1) is 17.5 Å². The van der Waals surface area contributed by atoms with Crippen LogP contribution in [0.15, 0.2) is 30.7 Å². The summed E-state index contributed by atoms with van der Waals surface area (Å²) in [5.74, 6) is -3.33. The average Bonchev–Trinajstić information content (AvgIpc) is 2.66. The fourth-order valence-electron chi connectivity index (χ4n) is 2.77. The lowest BCUT2D eigenvalue weighted by Gasteiger charge is -2.16. The predicted octanol–water partition coefficient (Wildman–Crippen LogP) is 4.24. The number of hydrogen-bond acceptors (Lipinski definition) is 8. The summed E-state index contributed by atoms with van der Waals surface area (Å²) in [5, 5.41) is 5.62. The van der Waals surface area contributed by atoms with Crippen molar-refractivity contribution in [2.24, 2.45) is 0 Å². The highest BCUT2D eigenvalue weighted by atomic mass is 19.3. The number of alkyl halides is 2. The van der Waals surface area contributed by atoms with Gasteiger partial charge >= 0.3 is 5.92 Å². The number of hydrogen-bond donors (Lipinski definition) is 2. The number of aryl methyl sites for hydroxylation is 1. The Morgan fingerprint density at radius 1 is 1.09 bits per heavy atom. The smallest absolute Gasteiger partial charge is 0.303 e. The molecule has 2 N–H and O–H groups in total. The number of nitrogens with zero attached hydrogens (tertiary/aromatic N) is 5. The van der Waals surface area contributed by atoms with Crippen LogP contribution >= 0.6 is 0 Å². The molecule has 0 aliphatic rings. The molecule has 0 atom stereocenters. The van der Waals surface area contributed by atoms with Crippen LogP contribution < -0.4 is 15.4 Å². The first-order valence-electron chi connectivity index (χ1n) is 9.79. The van der Waals surface area contributed by atoms with Crippen molar-refractivity contribution in [3.63, 3.8) is 0 Å². The molecule has 3 heterocycles. The SMILES string of the molecule is CC(=O)Nc1cc(Nc2cc(C)nc(C(C)(F)F)n2)c(-c2cc(OC(C)C)ncn2)cn1. The van der Waals surface area contributed by atoms with Crippen molar-refractivity contribution in [2.75, 3.05) is 10.6 Å². The van der Waals surface area contributed by atoms with E-state index in [1.165, 1.54) is 25.5 Å². The number of pyridine rings is 1. The van der Waals surface area contributed by atoms with Crippen molar-refractivity contribution in [3.05, 3.63) is 42.2 Å². The monoisotopic (exact) mass is 443 g/mol. The minimum atomic E-state index is -3.21. The maximum absolute atomic E-state index is 13.8. The molecule has 168 valence electrons. The predicted molar refractivity (Wildman–Crippen MR) is 115 cm³/mol. The van der Waals surface area contributed by atoms with Crippen LogP contribution in [0.4, 0.5) is 26.1 Å². The molecule has 0 saturated carbocycles. The lowest BCUT2D eigenvalue weighted by Crippen LogP contribution is -2.14. The van der Waals surface area contributed by atoms with E-state index in [1.807, 2.05) is 13.8 Å². The third-order valence-electron chi connectivity index (χ3n) is 3.99. The van der Waals surface area contributed by atoms with Crippen LogP contribution in [0.25, 0.3) is 11.3 Å². The van der Waals surface area contributed by atoms with Gasteiger partial charge in [-0.25, -0.2) is 24.9 Å². The number of anilines is 3. The van der Waals surface area contributed by atoms with Crippen LogP contribution in [0, 0.1) is 6.92 Å². The molecule has 0 spiro atoms. The number of halogens is 2. The summed E-state index contributed by atoms with van der Waals surface area (Å²) in [6, 6.07) is 4.73. The normalized spacial score (nSPS) is 11.4. The van der Waals surface area contributed by atoms with E-state index < -0.39 is 11.7 Å². The summed E-state index contributed by atoms with van der Waals surface area (Å²) < 4.78 is 33.3. The Hall–Kier alpha value is -3.76. The fourth-order valence-corrected chi connectivity index (χ4v) is 2.77. The van der Waals surface area contributed by atoms with Gasteiger partial charge in [0.25, 0.3) is 0 Å². The largest absolute Gasteiger partial charge is 0.475 e. The second-order valence-corrected chi connectivity index (χ2v) is 7.44. The molecule has 0 aliphatic heterocycles. The van der Waals surface area contributed by atoms with E-state index in [-0.39, 0.29) is 23.6 Å². The zero-order valence-electron chi connectivity index (χ0n) is 18.3. The van der Waals surface area contributed by atoms with Crippen LogP contribution in [-0.4, -0.2) is 36.9 Å². The summed E-state index contributed by atoms with van der Waals surface area (Å²) >= 11 is 0. The number of nitrogens with one attached hydrogen (secondary N) is 2. The Kier molecular flexibility index (Phi) is 6.56. The number of carbonyl (C=O) groups excluding carboxylic acids is 1. The van der Waals surface area contributed by atoms with Gasteiger partial charge in [-0.1, -0.05) is 0 Å². The molecule has 3 aromatic heterocycles. The molecule has 0 bridgehead atoms. The molecule has 0 fully saturated rings. The van der Waals surface area contributed by atoms with Crippen LogP contribution in [0.2, 0.25) is 0 Å². The van der Waals surface area contributed by atoms with E-state index in [9.17, 15) is 13.6 Å². The van der Waals surface area contributed by atoms with Crippen LogP contribution in [0.5, 0.6) is 5.88 Å². The molecule has 32 heavy (non-hydrogen) atoms. The van der Waals surface area contributed by atoms with Gasteiger partial charge in [0.1, 0.15) is 18.0 Å². The lowest BCUT2D eigenvalue weighted by atomic mass is 10.1. The molecule has 3 rings (SSSR count). The topological polar surface area (TPSA) is 115 Å². The zero-order chi connectivity index (χ0) is 23.5. The van der Waals surface area contributed by atoms with E-state index in [1.54, 1.807) is 19.1 Å². The van der Waals surface area contributed by atoms with Crippen LogP contribution in [0.1, 0.15) is 39.2 Å². The summed E-state index contributed by atoms with van der Waals surface area (Å²) in [6.07, 6.45) is 2.76. The highest BCUT2D eigenvalue weighted by molar-refractivity contribution is 5.89. The van der Waals surface area contributed by atoms with Gasteiger partial charge in [-0.3, -0.25) is 4.79 Å². The van der Waals surface area contributed by atoms with Crippen molar-refractivity contribution in [1.82, 2.24) is 24.9 Å². The fraction of sp³-hybridized carbons (Fsp3) is 0.333. The Morgan fingerprint density at radius 3 is 2.50 bits per heavy atom. The first kappa shape index (κ1) is 22.9. The van der Waals surface area contributed by atoms with Crippen molar-refractivity contribution >= 4 is 23.2 Å². The van der Waals surface area contributed by atoms with E-state index >= 15 is 0 Å². The summed E-state index contributed by atoms with van der Waals surface area (Å²) in [5.41, 5.74) is 1.80. The molecule has 0 radical (unpaired) electrons. The minimum absolute atomic E-state index is 0.0891. The second kappa shape index (κ2) is 9.16. The number of ether oxygens (including phenoxy) is 1. The van der Waals surface area contributed by atoms with Crippen molar-refractivity contribution in [1.29, 1.82) is 0 Å². The second-order valence-electron chi connectivity index (χ2n) is 7.44. The third-order valence-corrected chi connectivity index (χ3v) is 3.99. The van der Waals surface area contributed by atoms with Crippen LogP contribution in [0.3, 0.4) is 0 Å². The first-order chi connectivity index (χ1) is 15.0. The van der Waals surface area contributed by atoms with Gasteiger partial charge in [-0.2, -0.15) is 8.78 Å². The van der Waals surface area contributed by atoms with E-state index in [4.69, 9.17) is 4.74 Å². The van der Waals surface area contributed by atoms with Gasteiger partial charge in [-0.05, 0) is 20.8 Å². The van der Waals surface area contributed by atoms with Crippen molar-refractivity contribution in [3.8, 4) is 17.1 Å². The van der Waals surface area contributed by atoms with Crippen LogP contribution in [-0.2, 0) is 10.7 Å². The average molecular weight is 443 g/mol. The van der Waals surface area contributed by atoms with Gasteiger partial charge in [-0.15, -0.1) is 0 Å². The Morgan fingerprint density at radius 2 is 1.84 bits per heavy atom. The Labute approximate surface area is 183 Å². The molecular formula is C21H23F2N7O2. The molecule has 0 aliphatic carbocycles. The number of rotatable bonds is 7. The Bertz CT molecular complexity index is 1130. The number of aromatic nitrogens is 5.